The summed E-state index contributed by atoms with van der Waals surface area (Å²) in [6, 6.07) is 8.19. The lowest BCUT2D eigenvalue weighted by Crippen LogP contribution is -2.51. The Morgan fingerprint density at radius 1 is 0.955 bits per heavy atom. The first kappa shape index (κ1) is 34.2. The minimum absolute atomic E-state index is 0.0111. The van der Waals surface area contributed by atoms with Crippen molar-refractivity contribution in [3.05, 3.63) is 41.5 Å². The molecule has 3 nitrogen and oxygen atoms in total. The molecule has 3 saturated carbocycles. The third-order valence-electron chi connectivity index (χ3n) is 12.9. The van der Waals surface area contributed by atoms with E-state index >= 15 is 0 Å². The van der Waals surface area contributed by atoms with Gasteiger partial charge < -0.3 is 9.64 Å². The summed E-state index contributed by atoms with van der Waals surface area (Å²) in [7, 11) is 0. The minimum atomic E-state index is -0.105. The van der Waals surface area contributed by atoms with E-state index in [9.17, 15) is 4.79 Å². The molecule has 246 valence electrons. The summed E-state index contributed by atoms with van der Waals surface area (Å²) in [5.41, 5.74) is 4.47. The van der Waals surface area contributed by atoms with E-state index in [4.69, 9.17) is 27.9 Å². The Balaban J connectivity index is 1.17. The van der Waals surface area contributed by atoms with Gasteiger partial charge in [-0.3, -0.25) is 4.79 Å². The van der Waals surface area contributed by atoms with Gasteiger partial charge in [-0.2, -0.15) is 0 Å². The number of anilines is 1. The fraction of sp³-hybridized carbons (Fsp3) is 0.769. The van der Waals surface area contributed by atoms with Gasteiger partial charge in [0.25, 0.3) is 0 Å². The van der Waals surface area contributed by atoms with E-state index in [0.717, 1.165) is 79.1 Å². The monoisotopic (exact) mass is 643 g/mol. The van der Waals surface area contributed by atoms with Crippen LogP contribution in [0, 0.1) is 46.3 Å². The molecule has 4 aliphatic carbocycles. The highest BCUT2D eigenvalue weighted by Crippen LogP contribution is 2.67. The van der Waals surface area contributed by atoms with Crippen molar-refractivity contribution in [1.29, 1.82) is 0 Å². The molecule has 0 amide bonds. The molecule has 4 aliphatic rings. The molecule has 5 heteroatoms. The molecule has 0 aromatic heterocycles. The van der Waals surface area contributed by atoms with Crippen molar-refractivity contribution in [3.63, 3.8) is 0 Å². The smallest absolute Gasteiger partial charge is 0.310 e. The zero-order valence-corrected chi connectivity index (χ0v) is 29.8. The second kappa shape index (κ2) is 14.7. The van der Waals surface area contributed by atoms with Crippen molar-refractivity contribution in [2.45, 2.75) is 118 Å². The van der Waals surface area contributed by atoms with Crippen LogP contribution in [-0.2, 0) is 16.0 Å². The number of carbonyl (C=O) groups is 1. The predicted octanol–water partition coefficient (Wildman–Crippen LogP) is 10.5. The van der Waals surface area contributed by atoms with Crippen LogP contribution in [0.5, 0.6) is 0 Å². The van der Waals surface area contributed by atoms with Gasteiger partial charge in [0.2, 0.25) is 0 Å². The van der Waals surface area contributed by atoms with E-state index < -0.39 is 0 Å². The molecule has 0 radical (unpaired) electrons. The van der Waals surface area contributed by atoms with E-state index in [1.54, 1.807) is 5.57 Å². The first-order valence-electron chi connectivity index (χ1n) is 17.9. The average Bonchev–Trinajstić information content (AvgIpc) is 3.35. The third kappa shape index (κ3) is 7.20. The van der Waals surface area contributed by atoms with Gasteiger partial charge in [-0.15, -0.1) is 23.2 Å². The lowest BCUT2D eigenvalue weighted by Gasteiger charge is -2.58. The Kier molecular flexibility index (Phi) is 11.4. The summed E-state index contributed by atoms with van der Waals surface area (Å²) in [5.74, 6) is 6.10. The van der Waals surface area contributed by atoms with E-state index in [2.05, 4.69) is 57.7 Å². The van der Waals surface area contributed by atoms with Gasteiger partial charge in [0, 0.05) is 37.0 Å². The number of esters is 1. The van der Waals surface area contributed by atoms with E-state index in [0.29, 0.717) is 23.6 Å². The van der Waals surface area contributed by atoms with Gasteiger partial charge >= 0.3 is 5.97 Å². The molecule has 3 fully saturated rings. The largest absolute Gasteiger partial charge is 0.462 e. The number of nitrogens with zero attached hydrogens (tertiary/aromatic N) is 1. The van der Waals surface area contributed by atoms with Gasteiger partial charge in [-0.05, 0) is 109 Å². The van der Waals surface area contributed by atoms with Crippen LogP contribution >= 0.6 is 23.2 Å². The number of ether oxygens (including phenoxy) is 1. The molecule has 1 aromatic carbocycles. The van der Waals surface area contributed by atoms with Gasteiger partial charge in [0.05, 0.1) is 6.42 Å². The van der Waals surface area contributed by atoms with E-state index in [-0.39, 0.29) is 17.5 Å². The van der Waals surface area contributed by atoms with Gasteiger partial charge in [-0.1, -0.05) is 77.7 Å². The summed E-state index contributed by atoms with van der Waals surface area (Å²) in [6.45, 7) is 14.1. The van der Waals surface area contributed by atoms with Gasteiger partial charge in [0.1, 0.15) is 6.10 Å². The first-order chi connectivity index (χ1) is 21.1. The number of hydrogen-bond donors (Lipinski definition) is 0. The highest BCUT2D eigenvalue weighted by atomic mass is 35.5. The van der Waals surface area contributed by atoms with Crippen LogP contribution in [0.15, 0.2) is 35.9 Å². The summed E-state index contributed by atoms with van der Waals surface area (Å²) >= 11 is 11.9. The second-order valence-electron chi connectivity index (χ2n) is 15.9. The average molecular weight is 645 g/mol. The zero-order valence-electron chi connectivity index (χ0n) is 28.3. The maximum absolute atomic E-state index is 13.0. The van der Waals surface area contributed by atoms with Crippen LogP contribution in [0.4, 0.5) is 5.69 Å². The Bertz CT molecular complexity index is 1130. The molecule has 1 aromatic rings. The molecule has 0 heterocycles. The van der Waals surface area contributed by atoms with Crippen molar-refractivity contribution < 1.29 is 9.53 Å². The molecule has 0 aliphatic heterocycles. The summed E-state index contributed by atoms with van der Waals surface area (Å²) in [6.07, 6.45) is 17.1. The minimum Gasteiger partial charge on any atom is -0.462 e. The molecule has 0 N–H and O–H groups in total. The van der Waals surface area contributed by atoms with Crippen LogP contribution in [0.1, 0.15) is 111 Å². The molecule has 0 saturated heterocycles. The maximum Gasteiger partial charge on any atom is 0.310 e. The Labute approximate surface area is 278 Å². The quantitative estimate of drug-likeness (QED) is 0.122. The molecule has 44 heavy (non-hydrogen) atoms. The number of allylic oxidation sites excluding steroid dienone is 1. The number of rotatable bonds is 13. The molecular formula is C39H59Cl2NO2. The van der Waals surface area contributed by atoms with Crippen molar-refractivity contribution in [3.8, 4) is 0 Å². The predicted molar refractivity (Wildman–Crippen MR) is 187 cm³/mol. The lowest BCUT2D eigenvalue weighted by molar-refractivity contribution is -0.150. The molecule has 0 bridgehead atoms. The van der Waals surface area contributed by atoms with Gasteiger partial charge in [0.15, 0.2) is 0 Å². The molecule has 8 atom stereocenters. The van der Waals surface area contributed by atoms with Crippen LogP contribution in [0.25, 0.3) is 0 Å². The summed E-state index contributed by atoms with van der Waals surface area (Å²) in [5, 5.41) is 0. The van der Waals surface area contributed by atoms with Crippen LogP contribution in [0.2, 0.25) is 0 Å². The zero-order chi connectivity index (χ0) is 31.5. The number of fused-ring (bicyclic) bond motifs is 5. The van der Waals surface area contributed by atoms with Crippen molar-refractivity contribution in [1.82, 2.24) is 0 Å². The molecule has 5 rings (SSSR count). The Morgan fingerprint density at radius 2 is 1.68 bits per heavy atom. The molecule has 0 spiro atoms. The van der Waals surface area contributed by atoms with Gasteiger partial charge in [-0.25, -0.2) is 0 Å². The SMILES string of the molecule is CC(C)CCC[C@H](C)[C@H]1CC[C@H]2[C@@H]3CC=C4C[C@H](OC(=O)Cc5ccc(N(CCCl)CCCl)cc5)CC[C@]4(C)[C@H]3CC[C@]12C. The lowest BCUT2D eigenvalue weighted by atomic mass is 9.47. The normalized spacial score (nSPS) is 33.6. The Hall–Kier alpha value is -1.19. The number of benzene rings is 1. The number of halogens is 2. The topological polar surface area (TPSA) is 29.5 Å². The number of carbonyl (C=O) groups excluding carboxylic acids is 1. The van der Waals surface area contributed by atoms with Crippen LogP contribution < -0.4 is 4.90 Å². The van der Waals surface area contributed by atoms with Crippen LogP contribution in [-0.4, -0.2) is 36.9 Å². The Morgan fingerprint density at radius 3 is 2.36 bits per heavy atom. The molecule has 0 unspecified atom stereocenters. The summed E-state index contributed by atoms with van der Waals surface area (Å²) < 4.78 is 6.13. The number of alkyl halides is 2. The van der Waals surface area contributed by atoms with Crippen molar-refractivity contribution >= 4 is 34.9 Å². The summed E-state index contributed by atoms with van der Waals surface area (Å²) in [4.78, 5) is 15.2. The standard InChI is InChI=1S/C39H59Cl2NO2/c1-27(2)7-6-8-28(3)34-15-16-35-33-14-11-30-26-32(17-19-38(30,4)36(33)18-20-39(34,35)5)44-37(43)25-29-9-12-31(13-10-29)42(23-21-40)24-22-41/h9-13,27-28,32-36H,6-8,14-26H2,1-5H3/t28-,32+,33-,34+,35-,36-,38-,39+/m0/s1. The van der Waals surface area contributed by atoms with Crippen molar-refractivity contribution in [2.75, 3.05) is 29.7 Å². The maximum atomic E-state index is 13.0. The van der Waals surface area contributed by atoms with E-state index in [1.807, 2.05) is 12.1 Å². The second-order valence-corrected chi connectivity index (χ2v) is 16.6. The first-order valence-corrected chi connectivity index (χ1v) is 19.0. The molecular weight excluding hydrogens is 585 g/mol. The van der Waals surface area contributed by atoms with E-state index in [1.165, 1.54) is 51.4 Å². The highest BCUT2D eigenvalue weighted by Gasteiger charge is 2.59. The third-order valence-corrected chi connectivity index (χ3v) is 13.3. The van der Waals surface area contributed by atoms with Crippen LogP contribution in [0.3, 0.4) is 0 Å². The fourth-order valence-corrected chi connectivity index (χ4v) is 11.0. The van der Waals surface area contributed by atoms with Crippen molar-refractivity contribution in [2.24, 2.45) is 46.3 Å². The highest BCUT2D eigenvalue weighted by molar-refractivity contribution is 6.18. The fourth-order valence-electron chi connectivity index (χ4n) is 10.5. The number of hydrogen-bond acceptors (Lipinski definition) is 3.